The number of halogens is 4. The van der Waals surface area contributed by atoms with Crippen LogP contribution >= 0.6 is 46.4 Å². The fourth-order valence-electron chi connectivity index (χ4n) is 0.256. The summed E-state index contributed by atoms with van der Waals surface area (Å²) in [5.74, 6) is 0.437. The summed E-state index contributed by atoms with van der Waals surface area (Å²) in [4.78, 5) is 0. The first-order valence-electron chi connectivity index (χ1n) is 2.29. The van der Waals surface area contributed by atoms with Crippen LogP contribution in [0.25, 0.3) is 0 Å². The lowest BCUT2D eigenvalue weighted by Crippen LogP contribution is -2.05. The molecule has 0 aliphatic heterocycles. The normalized spacial score (nSPS) is 11.6. The van der Waals surface area contributed by atoms with Crippen LogP contribution in [0.3, 0.4) is 0 Å². The highest BCUT2D eigenvalue weighted by Crippen LogP contribution is 2.35. The molecule has 0 unspecified atom stereocenters. The van der Waals surface area contributed by atoms with E-state index in [0.717, 1.165) is 0 Å². The number of allylic oxidation sites excluding steroid dienone is 1. The van der Waals surface area contributed by atoms with E-state index in [-0.39, 0.29) is 0 Å². The third-order valence-corrected chi connectivity index (χ3v) is 1.79. The van der Waals surface area contributed by atoms with Crippen LogP contribution in [0, 0.1) is 0 Å². The van der Waals surface area contributed by atoms with Gasteiger partial charge in [-0.05, 0) is 12.0 Å². The summed E-state index contributed by atoms with van der Waals surface area (Å²) in [6, 6.07) is 0. The molecule has 0 aromatic carbocycles. The molecule has 0 rings (SSSR count). The van der Waals surface area contributed by atoms with Crippen LogP contribution in [0.15, 0.2) is 12.2 Å². The maximum atomic E-state index is 5.44. The first-order chi connectivity index (χ1) is 3.98. The minimum Gasteiger partial charge on any atom is -0.126 e. The quantitative estimate of drug-likeness (QED) is 0.480. The van der Waals surface area contributed by atoms with Gasteiger partial charge in [-0.2, -0.15) is 0 Å². The number of alkyl halides is 4. The molecular formula is C5H6Cl4. The Hall–Kier alpha value is 0.900. The van der Waals surface area contributed by atoms with Crippen molar-refractivity contribution in [1.29, 1.82) is 0 Å². The van der Waals surface area contributed by atoms with Crippen LogP contribution in [-0.2, 0) is 0 Å². The van der Waals surface area contributed by atoms with Gasteiger partial charge in [0.25, 0.3) is 0 Å². The molecule has 0 bridgehead atoms. The molecule has 0 spiro atoms. The van der Waals surface area contributed by atoms with Crippen LogP contribution in [0.2, 0.25) is 0 Å². The van der Waals surface area contributed by atoms with Gasteiger partial charge in [-0.3, -0.25) is 0 Å². The lowest BCUT2D eigenvalue weighted by molar-refractivity contribution is 1.06. The van der Waals surface area contributed by atoms with E-state index in [1.165, 1.54) is 0 Å². The average molecular weight is 208 g/mol. The molecule has 0 heterocycles. The van der Waals surface area contributed by atoms with E-state index < -0.39 is 3.79 Å². The van der Waals surface area contributed by atoms with Gasteiger partial charge in [0.05, 0.1) is 0 Å². The average Bonchev–Trinajstić information content (AvgIpc) is 1.64. The van der Waals surface area contributed by atoms with Crippen molar-refractivity contribution >= 4 is 46.4 Å². The Morgan fingerprint density at radius 2 is 1.78 bits per heavy atom. The predicted octanol–water partition coefficient (Wildman–Crippen LogP) is 3.54. The van der Waals surface area contributed by atoms with E-state index in [1.807, 2.05) is 0 Å². The molecule has 0 aliphatic carbocycles. The predicted molar refractivity (Wildman–Crippen MR) is 44.8 cm³/mol. The molecule has 4 heteroatoms. The van der Waals surface area contributed by atoms with Gasteiger partial charge in [0.1, 0.15) is 0 Å². The van der Waals surface area contributed by atoms with Crippen molar-refractivity contribution in [2.24, 2.45) is 0 Å². The Morgan fingerprint density at radius 3 is 1.89 bits per heavy atom. The standard InChI is InChI=1S/C5H6Cl4/c1-4(2-3-6)5(7,8)9/h1-3H2. The number of rotatable bonds is 2. The SMILES string of the molecule is C=C(CCCl)C(Cl)(Cl)Cl. The van der Waals surface area contributed by atoms with Gasteiger partial charge in [0.2, 0.25) is 3.79 Å². The fourth-order valence-corrected chi connectivity index (χ4v) is 0.767. The summed E-state index contributed by atoms with van der Waals surface area (Å²) in [5, 5.41) is 0. The van der Waals surface area contributed by atoms with Gasteiger partial charge in [0.15, 0.2) is 0 Å². The Morgan fingerprint density at radius 1 is 1.33 bits per heavy atom. The van der Waals surface area contributed by atoms with Gasteiger partial charge in [-0.25, -0.2) is 0 Å². The van der Waals surface area contributed by atoms with E-state index in [1.54, 1.807) is 0 Å². The first-order valence-corrected chi connectivity index (χ1v) is 3.96. The zero-order valence-electron chi connectivity index (χ0n) is 4.63. The molecule has 0 aliphatic rings. The van der Waals surface area contributed by atoms with Crippen molar-refractivity contribution in [1.82, 2.24) is 0 Å². The molecule has 0 atom stereocenters. The Labute approximate surface area is 74.7 Å². The monoisotopic (exact) mass is 206 g/mol. The minimum absolute atomic E-state index is 0.437. The van der Waals surface area contributed by atoms with Gasteiger partial charge in [0, 0.05) is 5.88 Å². The van der Waals surface area contributed by atoms with E-state index in [4.69, 9.17) is 46.4 Å². The van der Waals surface area contributed by atoms with Crippen LogP contribution in [-0.4, -0.2) is 9.67 Å². The first kappa shape index (κ1) is 9.90. The van der Waals surface area contributed by atoms with Crippen molar-refractivity contribution in [2.75, 3.05) is 5.88 Å². The molecule has 0 aromatic rings. The van der Waals surface area contributed by atoms with Gasteiger partial charge in [-0.15, -0.1) is 11.6 Å². The zero-order chi connectivity index (χ0) is 7.49. The van der Waals surface area contributed by atoms with E-state index in [9.17, 15) is 0 Å². The third-order valence-electron chi connectivity index (χ3n) is 0.797. The largest absolute Gasteiger partial charge is 0.211 e. The minimum atomic E-state index is -1.35. The maximum Gasteiger partial charge on any atom is 0.211 e. The smallest absolute Gasteiger partial charge is 0.126 e. The Bertz CT molecular complexity index is 102. The third kappa shape index (κ3) is 4.32. The summed E-state index contributed by atoms with van der Waals surface area (Å²) in [7, 11) is 0. The Kier molecular flexibility index (Phi) is 4.31. The van der Waals surface area contributed by atoms with E-state index in [2.05, 4.69) is 6.58 Å². The second-order valence-electron chi connectivity index (χ2n) is 1.54. The molecule has 0 aromatic heterocycles. The molecule has 0 saturated carbocycles. The molecule has 0 nitrogen and oxygen atoms in total. The Balaban J connectivity index is 3.74. The van der Waals surface area contributed by atoms with Gasteiger partial charge in [-0.1, -0.05) is 41.4 Å². The summed E-state index contributed by atoms with van der Waals surface area (Å²) < 4.78 is -1.35. The summed E-state index contributed by atoms with van der Waals surface area (Å²) in [5.41, 5.74) is 0.530. The van der Waals surface area contributed by atoms with Crippen molar-refractivity contribution in [3.63, 3.8) is 0 Å². The molecule has 0 fully saturated rings. The van der Waals surface area contributed by atoms with E-state index in [0.29, 0.717) is 17.9 Å². The van der Waals surface area contributed by atoms with Crippen LogP contribution in [0.1, 0.15) is 6.42 Å². The summed E-state index contributed by atoms with van der Waals surface area (Å²) in [6.45, 7) is 3.54. The number of hydrogen-bond donors (Lipinski definition) is 0. The van der Waals surface area contributed by atoms with Crippen LogP contribution < -0.4 is 0 Å². The van der Waals surface area contributed by atoms with Gasteiger partial charge >= 0.3 is 0 Å². The molecule has 0 saturated heterocycles. The fraction of sp³-hybridized carbons (Fsp3) is 0.600. The van der Waals surface area contributed by atoms with Crippen LogP contribution in [0.5, 0.6) is 0 Å². The number of hydrogen-bond acceptors (Lipinski definition) is 0. The topological polar surface area (TPSA) is 0 Å². The maximum absolute atomic E-state index is 5.44. The molecule has 9 heavy (non-hydrogen) atoms. The van der Waals surface area contributed by atoms with Crippen molar-refractivity contribution in [2.45, 2.75) is 10.2 Å². The highest BCUT2D eigenvalue weighted by atomic mass is 35.6. The lowest BCUT2D eigenvalue weighted by Gasteiger charge is -2.11. The second-order valence-corrected chi connectivity index (χ2v) is 4.20. The highest BCUT2D eigenvalue weighted by Gasteiger charge is 2.22. The molecule has 54 valence electrons. The lowest BCUT2D eigenvalue weighted by atomic mass is 10.3. The molecular weight excluding hydrogens is 202 g/mol. The van der Waals surface area contributed by atoms with Gasteiger partial charge < -0.3 is 0 Å². The molecule has 0 radical (unpaired) electrons. The van der Waals surface area contributed by atoms with Crippen molar-refractivity contribution < 1.29 is 0 Å². The second kappa shape index (κ2) is 3.92. The zero-order valence-corrected chi connectivity index (χ0v) is 7.66. The van der Waals surface area contributed by atoms with Crippen LogP contribution in [0.4, 0.5) is 0 Å². The van der Waals surface area contributed by atoms with Crippen molar-refractivity contribution in [3.8, 4) is 0 Å². The summed E-state index contributed by atoms with van der Waals surface area (Å²) >= 11 is 21.7. The molecule has 0 amide bonds. The van der Waals surface area contributed by atoms with E-state index >= 15 is 0 Å². The summed E-state index contributed by atoms with van der Waals surface area (Å²) in [6.07, 6.45) is 0.540. The highest BCUT2D eigenvalue weighted by molar-refractivity contribution is 6.69. The molecule has 0 N–H and O–H groups in total. The van der Waals surface area contributed by atoms with Crippen molar-refractivity contribution in [3.05, 3.63) is 12.2 Å².